The summed E-state index contributed by atoms with van der Waals surface area (Å²) in [7, 11) is 1.67. The molecule has 0 aromatic rings. The van der Waals surface area contributed by atoms with Crippen LogP contribution in [0.3, 0.4) is 0 Å². The molecule has 0 aliphatic heterocycles. The van der Waals surface area contributed by atoms with Crippen LogP contribution in [0.25, 0.3) is 0 Å². The number of rotatable bonds is 15. The molecule has 0 rings (SSSR count). The minimum atomic E-state index is -0.338. The first-order valence-electron chi connectivity index (χ1n) is 8.68. The summed E-state index contributed by atoms with van der Waals surface area (Å²) in [5, 5.41) is 2.96. The van der Waals surface area contributed by atoms with E-state index in [1.807, 2.05) is 27.7 Å². The first-order chi connectivity index (χ1) is 11.2. The van der Waals surface area contributed by atoms with E-state index in [2.05, 4.69) is 5.32 Å². The van der Waals surface area contributed by atoms with Gasteiger partial charge in [-0.25, -0.2) is 0 Å². The lowest BCUT2D eigenvalue weighted by Crippen LogP contribution is -2.45. The molecular weight excluding hydrogens is 310 g/mol. The quantitative estimate of drug-likeness (QED) is 0.365. The van der Waals surface area contributed by atoms with E-state index in [-0.39, 0.29) is 23.7 Å². The zero-order valence-corrected chi connectivity index (χ0v) is 16.0. The predicted octanol–water partition coefficient (Wildman–Crippen LogP) is 2.49. The molecule has 24 heavy (non-hydrogen) atoms. The van der Waals surface area contributed by atoms with Gasteiger partial charge >= 0.3 is 0 Å². The minimum Gasteiger partial charge on any atom is -0.381 e. The molecule has 0 spiro atoms. The van der Waals surface area contributed by atoms with Crippen molar-refractivity contribution in [3.8, 4) is 0 Å². The van der Waals surface area contributed by atoms with Crippen LogP contribution < -0.4 is 5.32 Å². The Morgan fingerprint density at radius 3 is 2.29 bits per heavy atom. The average Bonchev–Trinajstić information content (AvgIpc) is 2.50. The maximum Gasteiger partial charge on any atom is 0.246 e. The van der Waals surface area contributed by atoms with Crippen molar-refractivity contribution < 1.29 is 23.8 Å². The standard InChI is InChI=1S/C18H35NO5/c1-17(2,9-13-23-12-8-6-7-11-20)19-16(21)15-24-14-10-18(3,4)22-5/h11H,6-10,12-15H2,1-5H3,(H,19,21). The second-order valence-electron chi connectivity index (χ2n) is 7.22. The molecular formula is C18H35NO5. The molecule has 0 unspecified atom stereocenters. The molecule has 0 bridgehead atoms. The lowest BCUT2D eigenvalue weighted by atomic mass is 10.0. The molecule has 0 aromatic heterocycles. The van der Waals surface area contributed by atoms with E-state index in [1.165, 1.54) is 0 Å². The summed E-state index contributed by atoms with van der Waals surface area (Å²) in [4.78, 5) is 22.1. The second-order valence-corrected chi connectivity index (χ2v) is 7.22. The SMILES string of the molecule is COC(C)(C)CCOCC(=O)NC(C)(C)CCOCCCCC=O. The first kappa shape index (κ1) is 23.0. The van der Waals surface area contributed by atoms with Crippen molar-refractivity contribution in [1.82, 2.24) is 5.32 Å². The van der Waals surface area contributed by atoms with Crippen LogP contribution in [0.2, 0.25) is 0 Å². The van der Waals surface area contributed by atoms with Crippen molar-refractivity contribution in [1.29, 1.82) is 0 Å². The predicted molar refractivity (Wildman–Crippen MR) is 94.1 cm³/mol. The zero-order chi connectivity index (χ0) is 18.5. The van der Waals surface area contributed by atoms with E-state index < -0.39 is 0 Å². The van der Waals surface area contributed by atoms with Crippen LogP contribution in [-0.4, -0.2) is 56.9 Å². The molecule has 0 aromatic carbocycles. The smallest absolute Gasteiger partial charge is 0.246 e. The van der Waals surface area contributed by atoms with Crippen molar-refractivity contribution in [3.05, 3.63) is 0 Å². The number of ether oxygens (including phenoxy) is 3. The highest BCUT2D eigenvalue weighted by molar-refractivity contribution is 5.77. The number of hydrogen-bond acceptors (Lipinski definition) is 5. The zero-order valence-electron chi connectivity index (χ0n) is 16.0. The molecule has 1 N–H and O–H groups in total. The molecule has 0 heterocycles. The highest BCUT2D eigenvalue weighted by Crippen LogP contribution is 2.12. The fraction of sp³-hybridized carbons (Fsp3) is 0.889. The Morgan fingerprint density at radius 2 is 1.67 bits per heavy atom. The Balaban J connectivity index is 3.76. The normalized spacial score (nSPS) is 12.2. The van der Waals surface area contributed by atoms with Crippen LogP contribution >= 0.6 is 0 Å². The van der Waals surface area contributed by atoms with Crippen LogP contribution in [0.15, 0.2) is 0 Å². The number of methoxy groups -OCH3 is 1. The Morgan fingerprint density at radius 1 is 1.00 bits per heavy atom. The largest absolute Gasteiger partial charge is 0.381 e. The third-order valence-electron chi connectivity index (χ3n) is 3.84. The van der Waals surface area contributed by atoms with Gasteiger partial charge in [0.25, 0.3) is 0 Å². The number of unbranched alkanes of at least 4 members (excludes halogenated alkanes) is 2. The summed E-state index contributed by atoms with van der Waals surface area (Å²) in [6, 6.07) is 0. The summed E-state index contributed by atoms with van der Waals surface area (Å²) in [6.07, 6.45) is 4.72. The average molecular weight is 345 g/mol. The third kappa shape index (κ3) is 13.5. The number of carbonyl (C=O) groups excluding carboxylic acids is 2. The molecule has 0 radical (unpaired) electrons. The van der Waals surface area contributed by atoms with E-state index in [9.17, 15) is 9.59 Å². The van der Waals surface area contributed by atoms with Gasteiger partial charge in [0.2, 0.25) is 5.91 Å². The Kier molecular flexibility index (Phi) is 11.9. The van der Waals surface area contributed by atoms with Gasteiger partial charge in [-0.1, -0.05) is 0 Å². The van der Waals surface area contributed by atoms with Crippen molar-refractivity contribution in [3.63, 3.8) is 0 Å². The number of hydrogen-bond donors (Lipinski definition) is 1. The summed E-state index contributed by atoms with van der Waals surface area (Å²) >= 11 is 0. The fourth-order valence-corrected chi connectivity index (χ4v) is 1.92. The van der Waals surface area contributed by atoms with Crippen LogP contribution in [-0.2, 0) is 23.8 Å². The number of aldehydes is 1. The first-order valence-corrected chi connectivity index (χ1v) is 8.68. The van der Waals surface area contributed by atoms with Gasteiger partial charge in [0.05, 0.1) is 5.60 Å². The van der Waals surface area contributed by atoms with E-state index in [4.69, 9.17) is 14.2 Å². The van der Waals surface area contributed by atoms with Crippen LogP contribution in [0, 0.1) is 0 Å². The third-order valence-corrected chi connectivity index (χ3v) is 3.84. The van der Waals surface area contributed by atoms with Gasteiger partial charge in [0.15, 0.2) is 0 Å². The lowest BCUT2D eigenvalue weighted by molar-refractivity contribution is -0.128. The van der Waals surface area contributed by atoms with Gasteiger partial charge in [0, 0.05) is 38.9 Å². The molecule has 0 aliphatic rings. The maximum atomic E-state index is 11.9. The van der Waals surface area contributed by atoms with Gasteiger partial charge in [-0.15, -0.1) is 0 Å². The fourth-order valence-electron chi connectivity index (χ4n) is 1.92. The number of amides is 1. The van der Waals surface area contributed by atoms with E-state index >= 15 is 0 Å². The highest BCUT2D eigenvalue weighted by atomic mass is 16.5. The van der Waals surface area contributed by atoms with Gasteiger partial charge < -0.3 is 24.3 Å². The number of carbonyl (C=O) groups is 2. The molecule has 0 saturated carbocycles. The van der Waals surface area contributed by atoms with Crippen molar-refractivity contribution >= 4 is 12.2 Å². The highest BCUT2D eigenvalue weighted by Gasteiger charge is 2.21. The van der Waals surface area contributed by atoms with Crippen LogP contribution in [0.4, 0.5) is 0 Å². The molecule has 6 nitrogen and oxygen atoms in total. The van der Waals surface area contributed by atoms with E-state index in [0.717, 1.165) is 32.0 Å². The monoisotopic (exact) mass is 345 g/mol. The maximum absolute atomic E-state index is 11.9. The molecule has 1 amide bonds. The second kappa shape index (κ2) is 12.4. The molecule has 0 atom stereocenters. The molecule has 6 heteroatoms. The van der Waals surface area contributed by atoms with Gasteiger partial charge in [-0.3, -0.25) is 4.79 Å². The summed E-state index contributed by atoms with van der Waals surface area (Å²) in [5.74, 6) is -0.124. The molecule has 0 aliphatic carbocycles. The van der Waals surface area contributed by atoms with E-state index in [1.54, 1.807) is 7.11 Å². The lowest BCUT2D eigenvalue weighted by Gasteiger charge is -2.26. The molecule has 0 saturated heterocycles. The molecule has 0 fully saturated rings. The van der Waals surface area contributed by atoms with Crippen molar-refractivity contribution in [2.75, 3.05) is 33.5 Å². The Bertz CT molecular complexity index is 355. The summed E-state index contributed by atoms with van der Waals surface area (Å²) in [5.41, 5.74) is -0.576. The van der Waals surface area contributed by atoms with Crippen molar-refractivity contribution in [2.45, 2.75) is 70.9 Å². The van der Waals surface area contributed by atoms with Crippen molar-refractivity contribution in [2.24, 2.45) is 0 Å². The van der Waals surface area contributed by atoms with Crippen LogP contribution in [0.5, 0.6) is 0 Å². The Hall–Kier alpha value is -0.980. The minimum absolute atomic E-state index is 0.0514. The van der Waals surface area contributed by atoms with E-state index in [0.29, 0.717) is 26.2 Å². The summed E-state index contributed by atoms with van der Waals surface area (Å²) in [6.45, 7) is 9.67. The topological polar surface area (TPSA) is 73.9 Å². The number of nitrogens with one attached hydrogen (secondary N) is 1. The van der Waals surface area contributed by atoms with Gasteiger partial charge in [-0.05, 0) is 53.4 Å². The Labute approximate surface area is 146 Å². The van der Waals surface area contributed by atoms with Crippen LogP contribution in [0.1, 0.15) is 59.8 Å². The summed E-state index contributed by atoms with van der Waals surface area (Å²) < 4.78 is 16.2. The van der Waals surface area contributed by atoms with Gasteiger partial charge in [-0.2, -0.15) is 0 Å². The van der Waals surface area contributed by atoms with Gasteiger partial charge in [0.1, 0.15) is 12.9 Å². The molecule has 142 valence electrons.